The van der Waals surface area contributed by atoms with E-state index in [9.17, 15) is 23.1 Å². The number of hydrogen-bond acceptors (Lipinski definition) is 7. The second kappa shape index (κ2) is 12.9. The van der Waals surface area contributed by atoms with Crippen molar-refractivity contribution in [1.82, 2.24) is 19.3 Å². The van der Waals surface area contributed by atoms with Gasteiger partial charge in [0.25, 0.3) is 0 Å². The van der Waals surface area contributed by atoms with Crippen LogP contribution in [0.15, 0.2) is 113 Å². The summed E-state index contributed by atoms with van der Waals surface area (Å²) in [6.45, 7) is 4.06. The summed E-state index contributed by atoms with van der Waals surface area (Å²) in [6, 6.07) is 25.5. The van der Waals surface area contributed by atoms with E-state index in [4.69, 9.17) is 0 Å². The van der Waals surface area contributed by atoms with Crippen LogP contribution in [-0.4, -0.2) is 43.0 Å². The molecule has 4 aromatic carbocycles. The summed E-state index contributed by atoms with van der Waals surface area (Å²) in [7, 11) is 0. The SMILES string of the molecule is Cc1cccc(C)c1-n1c(-c2ccc(C(=O)O)cc2)cs/c1=N\N=C\c1ccc(-c2ncn(-c3ccc(OC(F)(F)F)cc3)n2)cc1. The van der Waals surface area contributed by atoms with Gasteiger partial charge in [0.15, 0.2) is 5.82 Å². The van der Waals surface area contributed by atoms with E-state index in [-0.39, 0.29) is 11.3 Å². The molecule has 2 aromatic heterocycles. The first-order valence-electron chi connectivity index (χ1n) is 14.1. The fourth-order valence-corrected chi connectivity index (χ4v) is 5.77. The molecule has 0 saturated heterocycles. The van der Waals surface area contributed by atoms with Gasteiger partial charge in [-0.2, -0.15) is 5.10 Å². The number of para-hydroxylation sites is 1. The van der Waals surface area contributed by atoms with Crippen molar-refractivity contribution in [3.05, 3.63) is 130 Å². The molecule has 47 heavy (non-hydrogen) atoms. The number of carboxylic acids is 1. The second-order valence-corrected chi connectivity index (χ2v) is 11.2. The molecule has 0 aliphatic heterocycles. The van der Waals surface area contributed by atoms with Crippen molar-refractivity contribution < 1.29 is 27.8 Å². The molecule has 1 N–H and O–H groups in total. The normalized spacial score (nSPS) is 12.1. The van der Waals surface area contributed by atoms with Crippen molar-refractivity contribution in [2.24, 2.45) is 10.2 Å². The lowest BCUT2D eigenvalue weighted by Gasteiger charge is -2.14. The van der Waals surface area contributed by atoms with Crippen LogP contribution in [0.2, 0.25) is 0 Å². The van der Waals surface area contributed by atoms with Crippen LogP contribution in [0.1, 0.15) is 27.0 Å². The van der Waals surface area contributed by atoms with E-state index < -0.39 is 12.3 Å². The average Bonchev–Trinajstić information content (AvgIpc) is 3.69. The highest BCUT2D eigenvalue weighted by Gasteiger charge is 2.31. The molecule has 2 heterocycles. The molecular formula is C34H25F3N6O3S. The predicted molar refractivity (Wildman–Crippen MR) is 172 cm³/mol. The summed E-state index contributed by atoms with van der Waals surface area (Å²) in [5, 5.41) is 24.7. The zero-order chi connectivity index (χ0) is 33.1. The Morgan fingerprint density at radius 2 is 1.57 bits per heavy atom. The number of benzene rings is 4. The smallest absolute Gasteiger partial charge is 0.478 e. The molecule has 0 radical (unpaired) electrons. The Morgan fingerprint density at radius 3 is 2.21 bits per heavy atom. The van der Waals surface area contributed by atoms with Gasteiger partial charge in [-0.05, 0) is 72.5 Å². The number of hydrogen-bond donors (Lipinski definition) is 1. The molecule has 0 amide bonds. The van der Waals surface area contributed by atoms with Crippen molar-refractivity contribution >= 4 is 23.5 Å². The fraction of sp³-hybridized carbons (Fsp3) is 0.0882. The van der Waals surface area contributed by atoms with Gasteiger partial charge < -0.3 is 9.84 Å². The minimum atomic E-state index is -4.76. The monoisotopic (exact) mass is 654 g/mol. The summed E-state index contributed by atoms with van der Waals surface area (Å²) in [5.41, 5.74) is 7.04. The number of carboxylic acid groups (broad SMARTS) is 1. The van der Waals surface area contributed by atoms with Crippen LogP contribution in [-0.2, 0) is 0 Å². The zero-order valence-corrected chi connectivity index (χ0v) is 25.7. The van der Waals surface area contributed by atoms with Crippen molar-refractivity contribution in [2.45, 2.75) is 20.2 Å². The van der Waals surface area contributed by atoms with Crippen molar-refractivity contribution in [3.63, 3.8) is 0 Å². The minimum absolute atomic E-state index is 0.209. The third kappa shape index (κ3) is 7.05. The average molecular weight is 655 g/mol. The molecule has 0 atom stereocenters. The van der Waals surface area contributed by atoms with Crippen LogP contribution in [0, 0.1) is 13.8 Å². The van der Waals surface area contributed by atoms with Crippen LogP contribution >= 0.6 is 11.3 Å². The van der Waals surface area contributed by atoms with Gasteiger partial charge >= 0.3 is 12.3 Å². The van der Waals surface area contributed by atoms with Crippen molar-refractivity contribution in [2.75, 3.05) is 0 Å². The Kier molecular flexibility index (Phi) is 8.55. The highest BCUT2D eigenvalue weighted by molar-refractivity contribution is 7.07. The lowest BCUT2D eigenvalue weighted by atomic mass is 10.1. The van der Waals surface area contributed by atoms with Crippen LogP contribution in [0.5, 0.6) is 5.75 Å². The number of carbonyl (C=O) groups is 1. The van der Waals surface area contributed by atoms with E-state index >= 15 is 0 Å². The van der Waals surface area contributed by atoms with Gasteiger partial charge in [0.05, 0.1) is 28.8 Å². The molecule has 0 bridgehead atoms. The zero-order valence-electron chi connectivity index (χ0n) is 24.9. The van der Waals surface area contributed by atoms with E-state index in [0.29, 0.717) is 16.3 Å². The van der Waals surface area contributed by atoms with E-state index in [1.807, 2.05) is 66.3 Å². The van der Waals surface area contributed by atoms with Crippen LogP contribution in [0.4, 0.5) is 13.2 Å². The number of thiazole rings is 1. The Bertz CT molecular complexity index is 2130. The molecule has 6 aromatic rings. The van der Waals surface area contributed by atoms with Gasteiger partial charge in [-0.1, -0.05) is 54.6 Å². The standard InChI is InChI=1S/C34H25F3N6O3S/c1-21-4-3-5-22(2)30(21)43-29(24-10-12-26(13-11-24)32(44)45)19-47-33(43)40-39-18-23-6-8-25(9-7-23)31-38-20-42(41-31)27-14-16-28(17-15-27)46-34(35,36)37/h3-20H,1-2H3,(H,44,45)/b39-18+,40-33-. The number of aryl methyl sites for hydroxylation is 2. The molecule has 0 unspecified atom stereocenters. The van der Waals surface area contributed by atoms with E-state index in [0.717, 1.165) is 39.2 Å². The molecule has 0 spiro atoms. The Morgan fingerprint density at radius 1 is 0.915 bits per heavy atom. The number of aromatic nitrogens is 4. The third-order valence-corrected chi connectivity index (χ3v) is 7.96. The molecule has 0 saturated carbocycles. The van der Waals surface area contributed by atoms with E-state index in [1.165, 1.54) is 46.6 Å². The van der Waals surface area contributed by atoms with Crippen molar-refractivity contribution in [3.8, 4) is 39.8 Å². The maximum atomic E-state index is 12.4. The molecule has 0 fully saturated rings. The highest BCUT2D eigenvalue weighted by atomic mass is 32.1. The first-order valence-corrected chi connectivity index (χ1v) is 15.0. The Hall–Kier alpha value is -5.82. The summed E-state index contributed by atoms with van der Waals surface area (Å²) < 4.78 is 44.8. The first-order chi connectivity index (χ1) is 22.6. The Balaban J connectivity index is 1.24. The van der Waals surface area contributed by atoms with E-state index in [1.54, 1.807) is 30.5 Å². The molecule has 0 aliphatic rings. The molecule has 9 nitrogen and oxygen atoms in total. The molecule has 13 heteroatoms. The number of nitrogens with zero attached hydrogens (tertiary/aromatic N) is 6. The number of alkyl halides is 3. The molecule has 6 rings (SSSR count). The second-order valence-electron chi connectivity index (χ2n) is 10.4. The maximum absolute atomic E-state index is 12.4. The minimum Gasteiger partial charge on any atom is -0.478 e. The predicted octanol–water partition coefficient (Wildman–Crippen LogP) is 7.60. The number of ether oxygens (including phenoxy) is 1. The number of rotatable bonds is 8. The summed E-state index contributed by atoms with van der Waals surface area (Å²) >= 11 is 1.42. The van der Waals surface area contributed by atoms with Gasteiger partial charge in [0.1, 0.15) is 12.1 Å². The quantitative estimate of drug-likeness (QED) is 0.134. The summed E-state index contributed by atoms with van der Waals surface area (Å²) in [4.78, 5) is 16.3. The van der Waals surface area contributed by atoms with Crippen LogP contribution < -0.4 is 9.54 Å². The van der Waals surface area contributed by atoms with Gasteiger partial charge in [-0.3, -0.25) is 4.57 Å². The fourth-order valence-electron chi connectivity index (χ4n) is 4.92. The number of aromatic carboxylic acids is 1. The highest BCUT2D eigenvalue weighted by Crippen LogP contribution is 2.28. The Labute approximate surface area is 270 Å². The maximum Gasteiger partial charge on any atom is 0.573 e. The summed E-state index contributed by atoms with van der Waals surface area (Å²) in [5.74, 6) is -0.871. The topological polar surface area (TPSA) is 107 Å². The lowest BCUT2D eigenvalue weighted by Crippen LogP contribution is -2.17. The molecular weight excluding hydrogens is 629 g/mol. The van der Waals surface area contributed by atoms with Gasteiger partial charge in [0, 0.05) is 10.9 Å². The van der Waals surface area contributed by atoms with Crippen molar-refractivity contribution in [1.29, 1.82) is 0 Å². The van der Waals surface area contributed by atoms with Crippen LogP contribution in [0.25, 0.3) is 34.0 Å². The van der Waals surface area contributed by atoms with Gasteiger partial charge in [0.2, 0.25) is 4.80 Å². The summed E-state index contributed by atoms with van der Waals surface area (Å²) in [6.07, 6.45) is -1.65. The van der Waals surface area contributed by atoms with E-state index in [2.05, 4.69) is 25.0 Å². The third-order valence-electron chi connectivity index (χ3n) is 7.14. The largest absolute Gasteiger partial charge is 0.573 e. The molecule has 236 valence electrons. The number of halogens is 3. The van der Waals surface area contributed by atoms with Crippen LogP contribution in [0.3, 0.4) is 0 Å². The molecule has 0 aliphatic carbocycles. The van der Waals surface area contributed by atoms with Gasteiger partial charge in [-0.15, -0.1) is 34.7 Å². The van der Waals surface area contributed by atoms with Gasteiger partial charge in [-0.25, -0.2) is 14.5 Å². The lowest BCUT2D eigenvalue weighted by molar-refractivity contribution is -0.274. The first kappa shape index (κ1) is 31.2.